The van der Waals surface area contributed by atoms with Crippen LogP contribution in [0.4, 0.5) is 6.01 Å². The highest BCUT2D eigenvalue weighted by Gasteiger charge is 2.24. The maximum atomic E-state index is 12.5. The standard InChI is InChI=1S/C24H27N5O4S/c1-16(2)34(30,31)21-5-6-22-18(14-21)8-13-29(22)23-7-4-20(15-25-23)32-19-9-11-28(12-10-19)24-26-17(3)27-33-24/h4-8,13-16,19H,9-12H2,1-3H3. The molecular formula is C24H27N5O4S. The van der Waals surface area contributed by atoms with E-state index >= 15 is 0 Å². The fraction of sp³-hybridized carbons (Fsp3) is 0.375. The Morgan fingerprint density at radius 1 is 1.12 bits per heavy atom. The van der Waals surface area contributed by atoms with Crippen molar-refractivity contribution in [3.8, 4) is 11.6 Å². The van der Waals surface area contributed by atoms with Crippen LogP contribution in [0.15, 0.2) is 58.2 Å². The summed E-state index contributed by atoms with van der Waals surface area (Å²) in [6, 6.07) is 11.5. The summed E-state index contributed by atoms with van der Waals surface area (Å²) >= 11 is 0. The lowest BCUT2D eigenvalue weighted by Crippen LogP contribution is -2.38. The van der Waals surface area contributed by atoms with Crippen molar-refractivity contribution in [3.05, 3.63) is 54.6 Å². The number of piperidine rings is 1. The molecular weight excluding hydrogens is 454 g/mol. The molecule has 0 spiro atoms. The first-order chi connectivity index (χ1) is 16.3. The molecule has 0 aliphatic carbocycles. The van der Waals surface area contributed by atoms with Crippen molar-refractivity contribution in [1.82, 2.24) is 19.7 Å². The molecule has 1 saturated heterocycles. The molecule has 4 aromatic rings. The average molecular weight is 482 g/mol. The Kier molecular flexibility index (Phi) is 5.76. The van der Waals surface area contributed by atoms with Gasteiger partial charge in [-0.05, 0) is 57.2 Å². The summed E-state index contributed by atoms with van der Waals surface area (Å²) in [5.41, 5.74) is 0.896. The lowest BCUT2D eigenvalue weighted by atomic mass is 10.1. The molecule has 5 rings (SSSR count). The molecule has 0 N–H and O–H groups in total. The Bertz CT molecular complexity index is 1400. The van der Waals surface area contributed by atoms with E-state index < -0.39 is 15.1 Å². The van der Waals surface area contributed by atoms with Crippen LogP contribution < -0.4 is 9.64 Å². The first-order valence-corrected chi connectivity index (χ1v) is 12.9. The van der Waals surface area contributed by atoms with Crippen LogP contribution in [0.3, 0.4) is 0 Å². The minimum absolute atomic E-state index is 0.0988. The number of nitrogens with zero attached hydrogens (tertiary/aromatic N) is 5. The van der Waals surface area contributed by atoms with Crippen LogP contribution in [0, 0.1) is 6.92 Å². The second-order valence-corrected chi connectivity index (χ2v) is 11.3. The molecule has 34 heavy (non-hydrogen) atoms. The number of aromatic nitrogens is 4. The van der Waals surface area contributed by atoms with E-state index in [4.69, 9.17) is 9.26 Å². The number of sulfone groups is 1. The van der Waals surface area contributed by atoms with Crippen molar-refractivity contribution >= 4 is 26.8 Å². The molecule has 1 aromatic carbocycles. The van der Waals surface area contributed by atoms with Crippen LogP contribution in [0.25, 0.3) is 16.7 Å². The predicted molar refractivity (Wildman–Crippen MR) is 128 cm³/mol. The second kappa shape index (κ2) is 8.75. The van der Waals surface area contributed by atoms with E-state index in [1.807, 2.05) is 42.0 Å². The molecule has 1 aliphatic heterocycles. The van der Waals surface area contributed by atoms with Gasteiger partial charge >= 0.3 is 6.01 Å². The van der Waals surface area contributed by atoms with Crippen molar-refractivity contribution in [2.45, 2.75) is 49.9 Å². The highest BCUT2D eigenvalue weighted by Crippen LogP contribution is 2.26. The van der Waals surface area contributed by atoms with Crippen molar-refractivity contribution in [1.29, 1.82) is 0 Å². The Balaban J connectivity index is 1.26. The van der Waals surface area contributed by atoms with Gasteiger partial charge in [0.05, 0.1) is 21.9 Å². The van der Waals surface area contributed by atoms with E-state index in [1.54, 1.807) is 32.2 Å². The molecule has 0 bridgehead atoms. The van der Waals surface area contributed by atoms with E-state index in [1.165, 1.54) is 0 Å². The van der Waals surface area contributed by atoms with Crippen molar-refractivity contribution in [2.75, 3.05) is 18.0 Å². The molecule has 4 heterocycles. The lowest BCUT2D eigenvalue weighted by Gasteiger charge is -2.30. The Morgan fingerprint density at radius 2 is 1.91 bits per heavy atom. The summed E-state index contributed by atoms with van der Waals surface area (Å²) in [5.74, 6) is 2.09. The molecule has 0 saturated carbocycles. The molecule has 0 unspecified atom stereocenters. The summed E-state index contributed by atoms with van der Waals surface area (Å²) in [4.78, 5) is 11.3. The van der Waals surface area contributed by atoms with Gasteiger partial charge in [0.2, 0.25) is 0 Å². The SMILES string of the molecule is Cc1noc(N2CCC(Oc3ccc(-n4ccc5cc(S(=O)(=O)C(C)C)ccc54)nc3)CC2)n1. The zero-order valence-corrected chi connectivity index (χ0v) is 20.2. The number of rotatable bonds is 6. The van der Waals surface area contributed by atoms with Crippen LogP contribution in [0.2, 0.25) is 0 Å². The monoisotopic (exact) mass is 481 g/mol. The maximum Gasteiger partial charge on any atom is 0.324 e. The number of hydrogen-bond donors (Lipinski definition) is 0. The summed E-state index contributed by atoms with van der Waals surface area (Å²) < 4.78 is 38.3. The fourth-order valence-corrected chi connectivity index (χ4v) is 5.22. The highest BCUT2D eigenvalue weighted by molar-refractivity contribution is 7.92. The predicted octanol–water partition coefficient (Wildman–Crippen LogP) is 3.95. The van der Waals surface area contributed by atoms with Crippen LogP contribution in [-0.4, -0.2) is 52.6 Å². The van der Waals surface area contributed by atoms with Crippen LogP contribution in [-0.2, 0) is 9.84 Å². The summed E-state index contributed by atoms with van der Waals surface area (Å²) in [5, 5.41) is 4.24. The van der Waals surface area contributed by atoms with Gasteiger partial charge in [-0.3, -0.25) is 0 Å². The second-order valence-electron chi connectivity index (χ2n) is 8.78. The molecule has 1 aliphatic rings. The molecule has 0 amide bonds. The van der Waals surface area contributed by atoms with Gasteiger partial charge in [0.25, 0.3) is 0 Å². The smallest absolute Gasteiger partial charge is 0.324 e. The Labute approximate surface area is 198 Å². The van der Waals surface area contributed by atoms with E-state index in [2.05, 4.69) is 20.0 Å². The third-order valence-electron chi connectivity index (χ3n) is 6.11. The third-order valence-corrected chi connectivity index (χ3v) is 8.26. The Morgan fingerprint density at radius 3 is 2.56 bits per heavy atom. The number of ether oxygens (including phenoxy) is 1. The quantitative estimate of drug-likeness (QED) is 0.408. The molecule has 10 heteroatoms. The number of hydrogen-bond acceptors (Lipinski definition) is 8. The first-order valence-electron chi connectivity index (χ1n) is 11.3. The van der Waals surface area contributed by atoms with Gasteiger partial charge in [0, 0.05) is 37.5 Å². The highest BCUT2D eigenvalue weighted by atomic mass is 32.2. The molecule has 0 radical (unpaired) electrons. The number of anilines is 1. The van der Waals surface area contributed by atoms with E-state index in [0.717, 1.165) is 48.4 Å². The molecule has 0 atom stereocenters. The average Bonchev–Trinajstić information content (AvgIpc) is 3.46. The van der Waals surface area contributed by atoms with Crippen LogP contribution >= 0.6 is 0 Å². The van der Waals surface area contributed by atoms with Gasteiger partial charge < -0.3 is 18.7 Å². The molecule has 178 valence electrons. The summed E-state index contributed by atoms with van der Waals surface area (Å²) in [7, 11) is -3.32. The Hall–Kier alpha value is -3.40. The van der Waals surface area contributed by atoms with E-state index in [0.29, 0.717) is 16.7 Å². The zero-order valence-electron chi connectivity index (χ0n) is 19.4. The molecule has 1 fully saturated rings. The van der Waals surface area contributed by atoms with Gasteiger partial charge in [-0.15, -0.1) is 0 Å². The van der Waals surface area contributed by atoms with Gasteiger partial charge in [-0.2, -0.15) is 4.98 Å². The van der Waals surface area contributed by atoms with Gasteiger partial charge in [-0.1, -0.05) is 5.16 Å². The van der Waals surface area contributed by atoms with Crippen LogP contribution in [0.1, 0.15) is 32.5 Å². The topological polar surface area (TPSA) is 103 Å². The summed E-state index contributed by atoms with van der Waals surface area (Å²) in [6.45, 7) is 6.78. The van der Waals surface area contributed by atoms with Crippen molar-refractivity contribution in [3.63, 3.8) is 0 Å². The minimum atomic E-state index is -3.32. The van der Waals surface area contributed by atoms with Gasteiger partial charge in [0.1, 0.15) is 17.7 Å². The third kappa shape index (κ3) is 4.25. The zero-order chi connectivity index (χ0) is 23.9. The minimum Gasteiger partial charge on any atom is -0.489 e. The van der Waals surface area contributed by atoms with Crippen molar-refractivity contribution in [2.24, 2.45) is 0 Å². The number of pyridine rings is 1. The van der Waals surface area contributed by atoms with E-state index in [-0.39, 0.29) is 6.10 Å². The molecule has 3 aromatic heterocycles. The lowest BCUT2D eigenvalue weighted by molar-refractivity contribution is 0.168. The van der Waals surface area contributed by atoms with Crippen LogP contribution in [0.5, 0.6) is 5.75 Å². The largest absolute Gasteiger partial charge is 0.489 e. The number of fused-ring (bicyclic) bond motifs is 1. The summed E-state index contributed by atoms with van der Waals surface area (Å²) in [6.07, 6.45) is 5.43. The fourth-order valence-electron chi connectivity index (χ4n) is 4.13. The number of benzene rings is 1. The van der Waals surface area contributed by atoms with Gasteiger partial charge in [-0.25, -0.2) is 13.4 Å². The molecule has 9 nitrogen and oxygen atoms in total. The van der Waals surface area contributed by atoms with Crippen molar-refractivity contribution < 1.29 is 17.7 Å². The first kappa shape index (κ1) is 22.4. The van der Waals surface area contributed by atoms with E-state index in [9.17, 15) is 8.42 Å². The van der Waals surface area contributed by atoms with Gasteiger partial charge in [0.15, 0.2) is 15.7 Å². The number of aryl methyl sites for hydroxylation is 1. The normalized spacial score (nSPS) is 15.4. The maximum absolute atomic E-state index is 12.5.